The van der Waals surface area contributed by atoms with Crippen LogP contribution >= 0.6 is 15.9 Å². The standard InChI is InChI=1S/C11H12BrNO3/c12-10-7-6-9(15-10)11(14)16-13-8-4-2-1-3-5-8/h6-7H,1-5H2. The Balaban J connectivity index is 1.92. The van der Waals surface area contributed by atoms with Crippen LogP contribution in [0.25, 0.3) is 0 Å². The zero-order valence-electron chi connectivity index (χ0n) is 8.74. The van der Waals surface area contributed by atoms with Crippen LogP contribution in [0.4, 0.5) is 0 Å². The third-order valence-corrected chi connectivity index (χ3v) is 2.89. The molecule has 1 saturated carbocycles. The molecule has 0 radical (unpaired) electrons. The van der Waals surface area contributed by atoms with E-state index in [-0.39, 0.29) is 5.76 Å². The summed E-state index contributed by atoms with van der Waals surface area (Å²) in [5.74, 6) is -0.393. The summed E-state index contributed by atoms with van der Waals surface area (Å²) in [7, 11) is 0. The van der Waals surface area contributed by atoms with E-state index in [1.54, 1.807) is 12.1 Å². The number of carbonyl (C=O) groups excluding carboxylic acids is 1. The van der Waals surface area contributed by atoms with E-state index in [2.05, 4.69) is 21.1 Å². The molecular formula is C11H12BrNO3. The van der Waals surface area contributed by atoms with Gasteiger partial charge in [-0.25, -0.2) is 4.79 Å². The smallest absolute Gasteiger partial charge is 0.400 e. The second kappa shape index (κ2) is 5.30. The minimum absolute atomic E-state index is 0.159. The molecule has 0 aromatic carbocycles. The summed E-state index contributed by atoms with van der Waals surface area (Å²) in [6, 6.07) is 3.19. The van der Waals surface area contributed by atoms with Gasteiger partial charge in [-0.05, 0) is 53.7 Å². The molecule has 1 aromatic rings. The van der Waals surface area contributed by atoms with E-state index < -0.39 is 5.97 Å². The van der Waals surface area contributed by atoms with Gasteiger partial charge in [-0.3, -0.25) is 0 Å². The van der Waals surface area contributed by atoms with Crippen LogP contribution in [-0.4, -0.2) is 11.7 Å². The molecule has 1 aliphatic carbocycles. The third kappa shape index (κ3) is 2.95. The fourth-order valence-corrected chi connectivity index (χ4v) is 1.93. The molecule has 0 amide bonds. The maximum atomic E-state index is 11.5. The van der Waals surface area contributed by atoms with Gasteiger partial charge in [0.2, 0.25) is 5.76 Å². The molecule has 1 heterocycles. The number of furan rings is 1. The first kappa shape index (κ1) is 11.4. The van der Waals surface area contributed by atoms with Crippen LogP contribution < -0.4 is 0 Å². The molecule has 1 aromatic heterocycles. The Labute approximate surface area is 102 Å². The van der Waals surface area contributed by atoms with Crippen molar-refractivity contribution in [2.45, 2.75) is 32.1 Å². The molecule has 0 bridgehead atoms. The molecule has 2 rings (SSSR count). The SMILES string of the molecule is O=C(ON=C1CCCCC1)c1ccc(Br)o1. The van der Waals surface area contributed by atoms with Crippen molar-refractivity contribution >= 4 is 27.6 Å². The lowest BCUT2D eigenvalue weighted by molar-refractivity contribution is 0.0475. The quantitative estimate of drug-likeness (QED) is 0.617. The highest BCUT2D eigenvalue weighted by atomic mass is 79.9. The Hall–Kier alpha value is -1.10. The first-order valence-electron chi connectivity index (χ1n) is 5.28. The molecule has 16 heavy (non-hydrogen) atoms. The van der Waals surface area contributed by atoms with Crippen LogP contribution in [0.3, 0.4) is 0 Å². The van der Waals surface area contributed by atoms with Gasteiger partial charge in [-0.1, -0.05) is 11.6 Å². The van der Waals surface area contributed by atoms with Gasteiger partial charge in [-0.15, -0.1) is 0 Å². The summed E-state index contributed by atoms with van der Waals surface area (Å²) in [6.07, 6.45) is 5.34. The van der Waals surface area contributed by atoms with Crippen molar-refractivity contribution in [3.05, 3.63) is 22.6 Å². The number of rotatable bonds is 2. The minimum Gasteiger partial charge on any atom is -0.442 e. The molecular weight excluding hydrogens is 274 g/mol. The van der Waals surface area contributed by atoms with Crippen molar-refractivity contribution in [1.29, 1.82) is 0 Å². The zero-order chi connectivity index (χ0) is 11.4. The molecule has 0 aliphatic heterocycles. The highest BCUT2D eigenvalue weighted by Crippen LogP contribution is 2.17. The van der Waals surface area contributed by atoms with Gasteiger partial charge in [0, 0.05) is 0 Å². The molecule has 0 atom stereocenters. The van der Waals surface area contributed by atoms with Crippen LogP contribution in [0.2, 0.25) is 0 Å². The topological polar surface area (TPSA) is 51.8 Å². The average Bonchev–Trinajstić information content (AvgIpc) is 2.74. The van der Waals surface area contributed by atoms with Gasteiger partial charge in [-0.2, -0.15) is 0 Å². The predicted octanol–water partition coefficient (Wildman–Crippen LogP) is 3.52. The largest absolute Gasteiger partial charge is 0.442 e. The normalized spacial score (nSPS) is 15.9. The number of hydrogen-bond acceptors (Lipinski definition) is 4. The molecule has 86 valence electrons. The Kier molecular flexibility index (Phi) is 3.77. The van der Waals surface area contributed by atoms with E-state index in [1.807, 2.05) is 0 Å². The fourth-order valence-electron chi connectivity index (χ4n) is 1.63. The maximum absolute atomic E-state index is 11.5. The van der Waals surface area contributed by atoms with Crippen molar-refractivity contribution < 1.29 is 14.0 Å². The average molecular weight is 286 g/mol. The van der Waals surface area contributed by atoms with Crippen LogP contribution in [-0.2, 0) is 4.84 Å². The van der Waals surface area contributed by atoms with Crippen LogP contribution in [0.1, 0.15) is 42.7 Å². The van der Waals surface area contributed by atoms with Gasteiger partial charge < -0.3 is 9.25 Å². The van der Waals surface area contributed by atoms with Crippen LogP contribution in [0.15, 0.2) is 26.4 Å². The van der Waals surface area contributed by atoms with E-state index in [0.29, 0.717) is 4.67 Å². The Morgan fingerprint density at radius 3 is 2.69 bits per heavy atom. The van der Waals surface area contributed by atoms with Gasteiger partial charge in [0.15, 0.2) is 4.67 Å². The highest BCUT2D eigenvalue weighted by molar-refractivity contribution is 9.10. The molecule has 0 N–H and O–H groups in total. The summed E-state index contributed by atoms with van der Waals surface area (Å²) < 4.78 is 5.56. The number of carbonyl (C=O) groups is 1. The summed E-state index contributed by atoms with van der Waals surface area (Å²) in [6.45, 7) is 0. The third-order valence-electron chi connectivity index (χ3n) is 2.46. The van der Waals surface area contributed by atoms with Gasteiger partial charge >= 0.3 is 5.97 Å². The zero-order valence-corrected chi connectivity index (χ0v) is 10.3. The highest BCUT2D eigenvalue weighted by Gasteiger charge is 2.13. The molecule has 0 spiro atoms. The minimum atomic E-state index is -0.552. The Bertz CT molecular complexity index is 403. The lowest BCUT2D eigenvalue weighted by Gasteiger charge is -2.10. The molecule has 4 nitrogen and oxygen atoms in total. The van der Waals surface area contributed by atoms with Crippen LogP contribution in [0.5, 0.6) is 0 Å². The number of oxime groups is 1. The Morgan fingerprint density at radius 2 is 2.06 bits per heavy atom. The van der Waals surface area contributed by atoms with E-state index >= 15 is 0 Å². The second-order valence-electron chi connectivity index (χ2n) is 3.70. The molecule has 0 saturated heterocycles. The summed E-state index contributed by atoms with van der Waals surface area (Å²) in [4.78, 5) is 16.3. The monoisotopic (exact) mass is 285 g/mol. The summed E-state index contributed by atoms with van der Waals surface area (Å²) >= 11 is 3.12. The van der Waals surface area contributed by atoms with E-state index in [1.165, 1.54) is 6.42 Å². The Morgan fingerprint density at radius 1 is 1.31 bits per heavy atom. The lowest BCUT2D eigenvalue weighted by atomic mass is 9.99. The number of hydrogen-bond donors (Lipinski definition) is 0. The molecule has 0 unspecified atom stereocenters. The van der Waals surface area contributed by atoms with Crippen molar-refractivity contribution in [3.8, 4) is 0 Å². The predicted molar refractivity (Wildman–Crippen MR) is 62.3 cm³/mol. The van der Waals surface area contributed by atoms with Gasteiger partial charge in [0.25, 0.3) is 0 Å². The summed E-state index contributed by atoms with van der Waals surface area (Å²) in [5.41, 5.74) is 0.963. The van der Waals surface area contributed by atoms with Crippen molar-refractivity contribution in [2.75, 3.05) is 0 Å². The maximum Gasteiger partial charge on any atom is 0.400 e. The lowest BCUT2D eigenvalue weighted by Crippen LogP contribution is -2.07. The summed E-state index contributed by atoms with van der Waals surface area (Å²) in [5, 5.41) is 3.86. The first-order chi connectivity index (χ1) is 7.75. The second-order valence-corrected chi connectivity index (χ2v) is 4.48. The molecule has 5 heteroatoms. The fraction of sp³-hybridized carbons (Fsp3) is 0.455. The van der Waals surface area contributed by atoms with E-state index in [0.717, 1.165) is 31.4 Å². The van der Waals surface area contributed by atoms with E-state index in [9.17, 15) is 4.79 Å². The van der Waals surface area contributed by atoms with Crippen LogP contribution in [0, 0.1) is 0 Å². The molecule has 1 fully saturated rings. The first-order valence-corrected chi connectivity index (χ1v) is 6.07. The van der Waals surface area contributed by atoms with Gasteiger partial charge in [0.1, 0.15) is 0 Å². The van der Waals surface area contributed by atoms with Crippen molar-refractivity contribution in [3.63, 3.8) is 0 Å². The van der Waals surface area contributed by atoms with Gasteiger partial charge in [0.05, 0.1) is 5.71 Å². The number of halogens is 1. The van der Waals surface area contributed by atoms with Crippen molar-refractivity contribution in [2.24, 2.45) is 5.16 Å². The molecule has 1 aliphatic rings. The van der Waals surface area contributed by atoms with Crippen molar-refractivity contribution in [1.82, 2.24) is 0 Å². The number of nitrogens with zero attached hydrogens (tertiary/aromatic N) is 1. The van der Waals surface area contributed by atoms with E-state index in [4.69, 9.17) is 9.25 Å².